The van der Waals surface area contributed by atoms with Gasteiger partial charge in [-0.1, -0.05) is 30.3 Å². The lowest BCUT2D eigenvalue weighted by molar-refractivity contribution is 0.0751. The van der Waals surface area contributed by atoms with Gasteiger partial charge in [0.15, 0.2) is 0 Å². The van der Waals surface area contributed by atoms with Gasteiger partial charge in [0.25, 0.3) is 5.91 Å². The summed E-state index contributed by atoms with van der Waals surface area (Å²) in [4.78, 5) is 14.0. The van der Waals surface area contributed by atoms with Crippen molar-refractivity contribution in [2.45, 2.75) is 13.5 Å². The molecule has 4 nitrogen and oxygen atoms in total. The Bertz CT molecular complexity index is 576. The largest absolute Gasteiger partial charge is 0.508 e. The average molecular weight is 271 g/mol. The van der Waals surface area contributed by atoms with Crippen molar-refractivity contribution in [3.8, 4) is 11.5 Å². The minimum atomic E-state index is -0.220. The van der Waals surface area contributed by atoms with E-state index in [1.807, 2.05) is 37.3 Å². The zero-order valence-corrected chi connectivity index (χ0v) is 11.3. The Hall–Kier alpha value is -2.49. The maximum absolute atomic E-state index is 12.4. The number of benzene rings is 2. The smallest absolute Gasteiger partial charge is 0.254 e. The van der Waals surface area contributed by atoms with Gasteiger partial charge in [0.2, 0.25) is 0 Å². The second kappa shape index (κ2) is 6.10. The van der Waals surface area contributed by atoms with Crippen LogP contribution in [0.3, 0.4) is 0 Å². The van der Waals surface area contributed by atoms with E-state index in [0.29, 0.717) is 13.1 Å². The fraction of sp³-hybridized carbons (Fsp3) is 0.188. The van der Waals surface area contributed by atoms with Gasteiger partial charge in [-0.15, -0.1) is 0 Å². The van der Waals surface area contributed by atoms with Crippen LogP contribution in [-0.2, 0) is 6.54 Å². The van der Waals surface area contributed by atoms with Crippen LogP contribution in [0.5, 0.6) is 11.5 Å². The van der Waals surface area contributed by atoms with E-state index in [9.17, 15) is 15.0 Å². The van der Waals surface area contributed by atoms with Crippen LogP contribution in [0.2, 0.25) is 0 Å². The zero-order valence-electron chi connectivity index (χ0n) is 11.3. The third-order valence-corrected chi connectivity index (χ3v) is 3.03. The number of nitrogens with zero attached hydrogens (tertiary/aromatic N) is 1. The maximum Gasteiger partial charge on any atom is 0.254 e. The third-order valence-electron chi connectivity index (χ3n) is 3.03. The summed E-state index contributed by atoms with van der Waals surface area (Å²) in [6.45, 7) is 2.93. The first-order chi connectivity index (χ1) is 9.60. The first-order valence-electron chi connectivity index (χ1n) is 6.46. The highest BCUT2D eigenvalue weighted by atomic mass is 16.3. The highest BCUT2D eigenvalue weighted by Crippen LogP contribution is 2.22. The number of phenolic OH excluding ortho intramolecular Hbond substituents is 2. The number of rotatable bonds is 4. The van der Waals surface area contributed by atoms with E-state index in [1.165, 1.54) is 18.2 Å². The summed E-state index contributed by atoms with van der Waals surface area (Å²) >= 11 is 0. The van der Waals surface area contributed by atoms with Gasteiger partial charge in [0, 0.05) is 24.7 Å². The molecular formula is C16H17NO3. The molecule has 0 radical (unpaired) electrons. The van der Waals surface area contributed by atoms with Gasteiger partial charge in [-0.25, -0.2) is 0 Å². The number of hydrogen-bond acceptors (Lipinski definition) is 3. The van der Waals surface area contributed by atoms with E-state index < -0.39 is 0 Å². The lowest BCUT2D eigenvalue weighted by Crippen LogP contribution is -2.30. The van der Waals surface area contributed by atoms with Crippen LogP contribution in [-0.4, -0.2) is 27.6 Å². The summed E-state index contributed by atoms with van der Waals surface area (Å²) in [5, 5.41) is 18.9. The molecule has 20 heavy (non-hydrogen) atoms. The Labute approximate surface area is 117 Å². The third kappa shape index (κ3) is 3.29. The van der Waals surface area contributed by atoms with E-state index in [1.54, 1.807) is 4.90 Å². The maximum atomic E-state index is 12.4. The van der Waals surface area contributed by atoms with E-state index in [-0.39, 0.29) is 23.0 Å². The predicted molar refractivity (Wildman–Crippen MR) is 76.6 cm³/mol. The van der Waals surface area contributed by atoms with Gasteiger partial charge in [0.05, 0.1) is 0 Å². The molecule has 0 saturated heterocycles. The Balaban J connectivity index is 2.20. The molecule has 2 aromatic rings. The fourth-order valence-corrected chi connectivity index (χ4v) is 2.03. The van der Waals surface area contributed by atoms with Gasteiger partial charge >= 0.3 is 0 Å². The summed E-state index contributed by atoms with van der Waals surface area (Å²) < 4.78 is 0. The van der Waals surface area contributed by atoms with Gasteiger partial charge in [-0.2, -0.15) is 0 Å². The Kier molecular flexibility index (Phi) is 4.25. The molecule has 2 aromatic carbocycles. The molecule has 0 aliphatic carbocycles. The van der Waals surface area contributed by atoms with Gasteiger partial charge < -0.3 is 15.1 Å². The van der Waals surface area contributed by atoms with Crippen LogP contribution in [0.25, 0.3) is 0 Å². The highest BCUT2D eigenvalue weighted by Gasteiger charge is 2.16. The molecular weight excluding hydrogens is 254 g/mol. The molecule has 0 saturated carbocycles. The molecule has 0 aromatic heterocycles. The minimum absolute atomic E-state index is 0.121. The number of aromatic hydroxyl groups is 2. The zero-order chi connectivity index (χ0) is 14.5. The minimum Gasteiger partial charge on any atom is -0.508 e. The normalized spacial score (nSPS) is 10.2. The van der Waals surface area contributed by atoms with Gasteiger partial charge in [-0.3, -0.25) is 4.79 Å². The van der Waals surface area contributed by atoms with Crippen molar-refractivity contribution >= 4 is 5.91 Å². The van der Waals surface area contributed by atoms with Crippen molar-refractivity contribution < 1.29 is 15.0 Å². The Morgan fingerprint density at radius 3 is 2.20 bits per heavy atom. The van der Waals surface area contributed by atoms with Crippen molar-refractivity contribution in [1.82, 2.24) is 4.90 Å². The van der Waals surface area contributed by atoms with E-state index in [4.69, 9.17) is 0 Å². The summed E-state index contributed by atoms with van der Waals surface area (Å²) in [7, 11) is 0. The van der Waals surface area contributed by atoms with Gasteiger partial charge in [0.1, 0.15) is 11.5 Å². The van der Waals surface area contributed by atoms with E-state index in [2.05, 4.69) is 0 Å². The van der Waals surface area contributed by atoms with Crippen molar-refractivity contribution in [2.24, 2.45) is 0 Å². The highest BCUT2D eigenvalue weighted by molar-refractivity contribution is 5.95. The topological polar surface area (TPSA) is 60.8 Å². The molecule has 0 atom stereocenters. The molecule has 0 heterocycles. The SMILES string of the molecule is CCN(Cc1ccccc1)C(=O)c1cc(O)cc(O)c1. The first kappa shape index (κ1) is 13.9. The van der Waals surface area contributed by atoms with Crippen molar-refractivity contribution in [3.05, 3.63) is 59.7 Å². The summed E-state index contributed by atoms with van der Waals surface area (Å²) in [5.41, 5.74) is 1.31. The van der Waals surface area contributed by atoms with E-state index in [0.717, 1.165) is 5.56 Å². The van der Waals surface area contributed by atoms with Crippen LogP contribution in [0.15, 0.2) is 48.5 Å². The molecule has 4 heteroatoms. The van der Waals surface area contributed by atoms with Crippen molar-refractivity contribution in [1.29, 1.82) is 0 Å². The molecule has 0 fully saturated rings. The number of phenols is 2. The lowest BCUT2D eigenvalue weighted by Gasteiger charge is -2.21. The van der Waals surface area contributed by atoms with E-state index >= 15 is 0 Å². The number of hydrogen-bond donors (Lipinski definition) is 2. The number of carbonyl (C=O) groups excluding carboxylic acids is 1. The quantitative estimate of drug-likeness (QED) is 0.899. The standard InChI is InChI=1S/C16H17NO3/c1-2-17(11-12-6-4-3-5-7-12)16(20)13-8-14(18)10-15(19)9-13/h3-10,18-19H,2,11H2,1H3. The van der Waals surface area contributed by atoms with Crippen LogP contribution in [0, 0.1) is 0 Å². The van der Waals surface area contributed by atoms with Crippen LogP contribution < -0.4 is 0 Å². The number of amides is 1. The summed E-state index contributed by atoms with van der Waals surface area (Å²) in [6.07, 6.45) is 0. The summed E-state index contributed by atoms with van der Waals surface area (Å²) in [5.74, 6) is -0.462. The lowest BCUT2D eigenvalue weighted by atomic mass is 10.1. The van der Waals surface area contributed by atoms with Crippen molar-refractivity contribution in [2.75, 3.05) is 6.54 Å². The Morgan fingerprint density at radius 2 is 1.65 bits per heavy atom. The van der Waals surface area contributed by atoms with Crippen LogP contribution in [0.1, 0.15) is 22.8 Å². The second-order valence-electron chi connectivity index (χ2n) is 4.54. The molecule has 0 aliphatic heterocycles. The molecule has 1 amide bonds. The molecule has 2 N–H and O–H groups in total. The fourth-order valence-electron chi connectivity index (χ4n) is 2.03. The number of carbonyl (C=O) groups is 1. The summed E-state index contributed by atoms with van der Waals surface area (Å²) in [6, 6.07) is 13.6. The molecule has 0 unspecified atom stereocenters. The monoisotopic (exact) mass is 271 g/mol. The molecule has 2 rings (SSSR count). The molecule has 104 valence electrons. The van der Waals surface area contributed by atoms with Gasteiger partial charge in [-0.05, 0) is 24.6 Å². The molecule has 0 aliphatic rings. The molecule has 0 bridgehead atoms. The Morgan fingerprint density at radius 1 is 1.05 bits per heavy atom. The predicted octanol–water partition coefficient (Wildman–Crippen LogP) is 2.76. The average Bonchev–Trinajstić information content (AvgIpc) is 2.44. The molecule has 0 spiro atoms. The second-order valence-corrected chi connectivity index (χ2v) is 4.54. The van der Waals surface area contributed by atoms with Crippen LogP contribution >= 0.6 is 0 Å². The van der Waals surface area contributed by atoms with Crippen LogP contribution in [0.4, 0.5) is 0 Å². The van der Waals surface area contributed by atoms with Crippen molar-refractivity contribution in [3.63, 3.8) is 0 Å². The first-order valence-corrected chi connectivity index (χ1v) is 6.46.